The highest BCUT2D eigenvalue weighted by Crippen LogP contribution is 2.52. The molecule has 1 fully saturated rings. The highest BCUT2D eigenvalue weighted by atomic mass is 35.5. The number of aliphatic hydroxyl groups is 1. The lowest BCUT2D eigenvalue weighted by Gasteiger charge is -2.36. The molecule has 158 valence electrons. The van der Waals surface area contributed by atoms with Crippen molar-refractivity contribution in [1.29, 1.82) is 0 Å². The second kappa shape index (κ2) is 8.76. The molecule has 0 amide bonds. The summed E-state index contributed by atoms with van der Waals surface area (Å²) in [6.45, 7) is 5.60. The summed E-state index contributed by atoms with van der Waals surface area (Å²) in [5, 5.41) is 13.2. The molecule has 1 saturated heterocycles. The van der Waals surface area contributed by atoms with Crippen molar-refractivity contribution in [1.82, 2.24) is 15.3 Å². The maximum Gasteiger partial charge on any atom is 0.140 e. The van der Waals surface area contributed by atoms with Gasteiger partial charge in [0.1, 0.15) is 12.1 Å². The highest BCUT2D eigenvalue weighted by molar-refractivity contribution is 5.85. The van der Waals surface area contributed by atoms with Gasteiger partial charge in [-0.05, 0) is 68.3 Å². The van der Waals surface area contributed by atoms with E-state index < -0.39 is 0 Å². The zero-order valence-electron chi connectivity index (χ0n) is 16.9. The maximum absolute atomic E-state index is 9.64. The summed E-state index contributed by atoms with van der Waals surface area (Å²) in [7, 11) is 0. The summed E-state index contributed by atoms with van der Waals surface area (Å²) in [5.74, 6) is 1.63. The van der Waals surface area contributed by atoms with Crippen LogP contribution in [0.4, 0.5) is 11.5 Å². The van der Waals surface area contributed by atoms with Gasteiger partial charge < -0.3 is 15.3 Å². The molecule has 1 atom stereocenters. The van der Waals surface area contributed by atoms with E-state index in [0.29, 0.717) is 5.92 Å². The number of nitrogens with zero attached hydrogens (tertiary/aromatic N) is 3. The van der Waals surface area contributed by atoms with Crippen LogP contribution in [0.1, 0.15) is 54.5 Å². The Morgan fingerprint density at radius 3 is 2.76 bits per heavy atom. The first-order valence-corrected chi connectivity index (χ1v) is 10.3. The number of halogens is 2. The van der Waals surface area contributed by atoms with Gasteiger partial charge in [-0.25, -0.2) is 9.97 Å². The first-order valence-electron chi connectivity index (χ1n) is 10.3. The molecule has 5 rings (SSSR count). The van der Waals surface area contributed by atoms with E-state index in [9.17, 15) is 5.11 Å². The Kier molecular flexibility index (Phi) is 6.74. The molecule has 0 saturated carbocycles. The maximum atomic E-state index is 9.64. The fourth-order valence-electron chi connectivity index (χ4n) is 5.56. The molecule has 2 aromatic rings. The molecule has 1 spiro atoms. The zero-order chi connectivity index (χ0) is 18.4. The van der Waals surface area contributed by atoms with Gasteiger partial charge in [-0.2, -0.15) is 0 Å². The van der Waals surface area contributed by atoms with Crippen molar-refractivity contribution in [3.8, 4) is 0 Å². The average Bonchev–Trinajstić information content (AvgIpc) is 3.22. The molecule has 3 aliphatic rings. The van der Waals surface area contributed by atoms with Crippen molar-refractivity contribution < 1.29 is 5.11 Å². The second-order valence-electron chi connectivity index (χ2n) is 8.40. The Morgan fingerprint density at radius 1 is 1.21 bits per heavy atom. The molecule has 2 aliphatic heterocycles. The third kappa shape index (κ3) is 3.52. The summed E-state index contributed by atoms with van der Waals surface area (Å²) in [6, 6.07) is 6.60. The van der Waals surface area contributed by atoms with Crippen molar-refractivity contribution in [2.45, 2.75) is 50.4 Å². The van der Waals surface area contributed by atoms with E-state index in [1.54, 1.807) is 6.33 Å². The molecule has 1 aromatic heterocycles. The number of aliphatic hydroxyl groups excluding tert-OH is 1. The van der Waals surface area contributed by atoms with Crippen LogP contribution in [-0.2, 0) is 18.3 Å². The molecule has 5 nitrogen and oxygen atoms in total. The Morgan fingerprint density at radius 2 is 2.00 bits per heavy atom. The molecule has 3 heterocycles. The van der Waals surface area contributed by atoms with Gasteiger partial charge in [0, 0.05) is 35.5 Å². The number of fused-ring (bicyclic) bond motifs is 3. The Bertz CT molecular complexity index is 870. The quantitative estimate of drug-likeness (QED) is 0.767. The summed E-state index contributed by atoms with van der Waals surface area (Å²) >= 11 is 0. The molecular weight excluding hydrogens is 407 g/mol. The number of benzene rings is 1. The lowest BCUT2D eigenvalue weighted by molar-refractivity contribution is 0.295. The lowest BCUT2D eigenvalue weighted by atomic mass is 9.72. The zero-order valence-corrected chi connectivity index (χ0v) is 18.5. The normalized spacial score (nSPS) is 21.3. The lowest BCUT2D eigenvalue weighted by Crippen LogP contribution is -2.43. The molecule has 0 unspecified atom stereocenters. The predicted molar refractivity (Wildman–Crippen MR) is 121 cm³/mol. The number of hydrogen-bond donors (Lipinski definition) is 2. The topological polar surface area (TPSA) is 61.3 Å². The van der Waals surface area contributed by atoms with Gasteiger partial charge >= 0.3 is 0 Å². The van der Waals surface area contributed by atoms with Crippen LogP contribution in [0.3, 0.4) is 0 Å². The van der Waals surface area contributed by atoms with Gasteiger partial charge in [-0.3, -0.25) is 0 Å². The van der Waals surface area contributed by atoms with Crippen LogP contribution in [0.15, 0.2) is 24.5 Å². The van der Waals surface area contributed by atoms with Crippen LogP contribution >= 0.6 is 24.8 Å². The summed E-state index contributed by atoms with van der Waals surface area (Å²) in [4.78, 5) is 11.8. The van der Waals surface area contributed by atoms with E-state index in [1.165, 1.54) is 34.5 Å². The minimum absolute atomic E-state index is 0. The number of hydrogen-bond acceptors (Lipinski definition) is 5. The number of rotatable bonds is 3. The van der Waals surface area contributed by atoms with Crippen molar-refractivity contribution >= 4 is 36.3 Å². The average molecular weight is 437 g/mol. The summed E-state index contributed by atoms with van der Waals surface area (Å²) < 4.78 is 0. The number of aromatic nitrogens is 2. The van der Waals surface area contributed by atoms with Crippen molar-refractivity contribution in [2.75, 3.05) is 31.1 Å². The molecule has 0 bridgehead atoms. The molecule has 1 aliphatic carbocycles. The summed E-state index contributed by atoms with van der Waals surface area (Å²) in [6.07, 6.45) is 6.98. The van der Waals surface area contributed by atoms with Crippen LogP contribution in [0, 0.1) is 0 Å². The number of nitrogens with one attached hydrogen (secondary N) is 1. The Labute approximate surface area is 185 Å². The number of aryl methyl sites for hydroxylation is 1. The second-order valence-corrected chi connectivity index (χ2v) is 8.40. The molecule has 7 heteroatoms. The van der Waals surface area contributed by atoms with E-state index in [2.05, 4.69) is 40.3 Å². The Hall–Kier alpha value is -1.40. The van der Waals surface area contributed by atoms with E-state index >= 15 is 0 Å². The number of piperidine rings is 1. The van der Waals surface area contributed by atoms with Crippen LogP contribution in [0.5, 0.6) is 0 Å². The van der Waals surface area contributed by atoms with Gasteiger partial charge in [0.15, 0.2) is 0 Å². The van der Waals surface area contributed by atoms with Crippen molar-refractivity contribution in [2.24, 2.45) is 0 Å². The van der Waals surface area contributed by atoms with E-state index in [4.69, 9.17) is 4.98 Å². The monoisotopic (exact) mass is 436 g/mol. The van der Waals surface area contributed by atoms with Crippen molar-refractivity contribution in [3.05, 3.63) is 46.9 Å². The van der Waals surface area contributed by atoms with E-state index in [-0.39, 0.29) is 36.8 Å². The van der Waals surface area contributed by atoms with Crippen molar-refractivity contribution in [3.63, 3.8) is 0 Å². The summed E-state index contributed by atoms with van der Waals surface area (Å²) in [5.41, 5.74) is 6.79. The third-order valence-electron chi connectivity index (χ3n) is 6.86. The molecule has 1 aromatic carbocycles. The standard InChI is InChI=1S/C22H28N4O.2ClH/c1-15-5-6-17-19(15)21(25-14-24-17)26-13-22(8-10-23-11-9-22)20-16(7-12-27)3-2-4-18(20)26;;/h2-4,14-15,23,27H,5-13H2,1H3;2*1H/t15-;;/m1../s1. The number of anilines is 2. The van der Waals surface area contributed by atoms with Gasteiger partial charge in [0.25, 0.3) is 0 Å². The molecular formula is C22H30Cl2N4O. The molecule has 29 heavy (non-hydrogen) atoms. The minimum Gasteiger partial charge on any atom is -0.396 e. The van der Waals surface area contributed by atoms with E-state index in [1.807, 2.05) is 0 Å². The largest absolute Gasteiger partial charge is 0.396 e. The van der Waals surface area contributed by atoms with Gasteiger partial charge in [-0.1, -0.05) is 19.1 Å². The van der Waals surface area contributed by atoms with Crippen LogP contribution in [0.2, 0.25) is 0 Å². The van der Waals surface area contributed by atoms with Gasteiger partial charge in [0.2, 0.25) is 0 Å². The third-order valence-corrected chi connectivity index (χ3v) is 6.86. The first kappa shape index (κ1) is 22.3. The fraction of sp³-hybridized carbons (Fsp3) is 0.545. The van der Waals surface area contributed by atoms with E-state index in [0.717, 1.165) is 51.1 Å². The Balaban J connectivity index is 0.00000120. The predicted octanol–water partition coefficient (Wildman–Crippen LogP) is 3.68. The van der Waals surface area contributed by atoms with Crippen LogP contribution in [0.25, 0.3) is 0 Å². The molecule has 0 radical (unpaired) electrons. The fourth-order valence-corrected chi connectivity index (χ4v) is 5.56. The first-order chi connectivity index (χ1) is 13.2. The van der Waals surface area contributed by atoms with Crippen LogP contribution in [-0.4, -0.2) is 41.3 Å². The smallest absolute Gasteiger partial charge is 0.140 e. The SMILES string of the molecule is C[C@@H]1CCc2ncnc(N3CC4(CCNCC4)c4c(CCO)cccc43)c21.Cl.Cl. The highest BCUT2D eigenvalue weighted by Gasteiger charge is 2.46. The van der Waals surface area contributed by atoms with Gasteiger partial charge in [0.05, 0.1) is 0 Å². The minimum atomic E-state index is 0. The van der Waals surface area contributed by atoms with Gasteiger partial charge in [-0.15, -0.1) is 24.8 Å². The molecule has 2 N–H and O–H groups in total. The van der Waals surface area contributed by atoms with Crippen LogP contribution < -0.4 is 10.2 Å².